The average molecular weight is 340 g/mol. The van der Waals surface area contributed by atoms with Gasteiger partial charge in [0.05, 0.1) is 16.6 Å². The number of benzene rings is 2. The Morgan fingerprint density at radius 3 is 2.32 bits per heavy atom. The summed E-state index contributed by atoms with van der Waals surface area (Å²) < 4.78 is 5.48. The zero-order valence-electron chi connectivity index (χ0n) is 12.6. The van der Waals surface area contributed by atoms with Crippen LogP contribution in [0.1, 0.15) is 25.0 Å². The van der Waals surface area contributed by atoms with Crippen molar-refractivity contribution in [3.63, 3.8) is 0 Å². The van der Waals surface area contributed by atoms with Gasteiger partial charge in [-0.2, -0.15) is 0 Å². The largest absolute Gasteiger partial charge is 0.508 e. The fraction of sp³-hybridized carbons (Fsp3) is 0.294. The van der Waals surface area contributed by atoms with Crippen LogP contribution in [0.2, 0.25) is 5.02 Å². The van der Waals surface area contributed by atoms with Crippen LogP contribution < -0.4 is 10.5 Å². The highest BCUT2D eigenvalue weighted by atomic mass is 35.5. The molecule has 22 heavy (non-hydrogen) atoms. The Bertz CT molecular complexity index is 631. The summed E-state index contributed by atoms with van der Waals surface area (Å²) in [5.41, 5.74) is 8.27. The van der Waals surface area contributed by atoms with Gasteiger partial charge < -0.3 is 15.6 Å². The molecule has 0 fully saturated rings. The van der Waals surface area contributed by atoms with Gasteiger partial charge in [-0.3, -0.25) is 0 Å². The van der Waals surface area contributed by atoms with E-state index >= 15 is 0 Å². The van der Waals surface area contributed by atoms with Crippen LogP contribution in [-0.2, 0) is 5.41 Å². The molecule has 3 nitrogen and oxygen atoms in total. The first-order valence-electron chi connectivity index (χ1n) is 6.94. The second-order valence-electron chi connectivity index (χ2n) is 5.59. The normalized spacial score (nSPS) is 11.5. The van der Waals surface area contributed by atoms with Crippen LogP contribution in [-0.4, -0.2) is 17.6 Å². The number of hydrogen-bond acceptors (Lipinski definition) is 3. The van der Waals surface area contributed by atoms with Gasteiger partial charge in [-0.1, -0.05) is 37.6 Å². The molecule has 0 aliphatic heterocycles. The van der Waals surface area contributed by atoms with E-state index < -0.39 is 0 Å². The third kappa shape index (κ3) is 3.42. The first-order chi connectivity index (χ1) is 10.4. The lowest BCUT2D eigenvalue weighted by Crippen LogP contribution is -2.19. The standard InChI is InChI=1S/C17H19Cl2NO2/c1-17(2,11-3-5-13(21)6-4-11)12-9-14(19)16(15(20)10-12)22-8-7-18/h3-6,9-10,21H,7-8,20H2,1-2H3. The molecule has 0 aliphatic rings. The Kier molecular flexibility index (Phi) is 5.09. The summed E-state index contributed by atoms with van der Waals surface area (Å²) in [4.78, 5) is 0. The van der Waals surface area contributed by atoms with Crippen LogP contribution in [0.15, 0.2) is 36.4 Å². The van der Waals surface area contributed by atoms with Crippen molar-refractivity contribution in [3.8, 4) is 11.5 Å². The molecule has 0 saturated heterocycles. The second-order valence-corrected chi connectivity index (χ2v) is 6.37. The number of aromatic hydroxyl groups is 1. The lowest BCUT2D eigenvalue weighted by molar-refractivity contribution is 0.344. The lowest BCUT2D eigenvalue weighted by Gasteiger charge is -2.27. The molecule has 0 aliphatic carbocycles. The maximum absolute atomic E-state index is 9.43. The molecule has 0 unspecified atom stereocenters. The van der Waals surface area contributed by atoms with Gasteiger partial charge in [0.15, 0.2) is 5.75 Å². The van der Waals surface area contributed by atoms with E-state index in [0.29, 0.717) is 28.9 Å². The number of anilines is 1. The highest BCUT2D eigenvalue weighted by Gasteiger charge is 2.25. The predicted molar refractivity (Wildman–Crippen MR) is 92.3 cm³/mol. The summed E-state index contributed by atoms with van der Waals surface area (Å²) in [6.07, 6.45) is 0. The number of rotatable bonds is 5. The van der Waals surface area contributed by atoms with Gasteiger partial charge >= 0.3 is 0 Å². The van der Waals surface area contributed by atoms with Crippen molar-refractivity contribution in [2.75, 3.05) is 18.2 Å². The Morgan fingerprint density at radius 2 is 1.77 bits per heavy atom. The van der Waals surface area contributed by atoms with Crippen molar-refractivity contribution in [2.45, 2.75) is 19.3 Å². The van der Waals surface area contributed by atoms with E-state index in [1.807, 2.05) is 24.3 Å². The molecule has 2 aromatic carbocycles. The first kappa shape index (κ1) is 16.8. The number of ether oxygens (including phenoxy) is 1. The molecular formula is C17H19Cl2NO2. The van der Waals surface area contributed by atoms with Crippen molar-refractivity contribution < 1.29 is 9.84 Å². The van der Waals surface area contributed by atoms with Gasteiger partial charge in [0.25, 0.3) is 0 Å². The van der Waals surface area contributed by atoms with Crippen molar-refractivity contribution in [1.29, 1.82) is 0 Å². The molecule has 0 spiro atoms. The lowest BCUT2D eigenvalue weighted by atomic mass is 9.78. The number of nitrogens with two attached hydrogens (primary N) is 1. The van der Waals surface area contributed by atoms with E-state index in [1.54, 1.807) is 12.1 Å². The summed E-state index contributed by atoms with van der Waals surface area (Å²) in [7, 11) is 0. The molecule has 0 atom stereocenters. The van der Waals surface area contributed by atoms with Crippen molar-refractivity contribution in [2.24, 2.45) is 0 Å². The summed E-state index contributed by atoms with van der Waals surface area (Å²) in [5, 5.41) is 9.90. The quantitative estimate of drug-likeness (QED) is 0.619. The number of nitrogen functional groups attached to an aromatic ring is 1. The number of hydrogen-bond donors (Lipinski definition) is 2. The van der Waals surface area contributed by atoms with Gasteiger partial charge in [-0.25, -0.2) is 0 Å². The molecular weight excluding hydrogens is 321 g/mol. The van der Waals surface area contributed by atoms with E-state index in [0.717, 1.165) is 11.1 Å². The molecule has 0 heterocycles. The monoisotopic (exact) mass is 339 g/mol. The Labute approximate surface area is 140 Å². The van der Waals surface area contributed by atoms with E-state index in [2.05, 4.69) is 13.8 Å². The summed E-state index contributed by atoms with van der Waals surface area (Å²) in [6, 6.07) is 10.8. The third-order valence-corrected chi connectivity index (χ3v) is 4.14. The van der Waals surface area contributed by atoms with E-state index in [1.165, 1.54) is 0 Å². The topological polar surface area (TPSA) is 55.5 Å². The maximum atomic E-state index is 9.43. The molecule has 0 radical (unpaired) electrons. The van der Waals surface area contributed by atoms with Crippen LogP contribution in [0.4, 0.5) is 5.69 Å². The summed E-state index contributed by atoms with van der Waals surface area (Å²) in [6.45, 7) is 4.50. The van der Waals surface area contributed by atoms with Crippen molar-refractivity contribution in [1.82, 2.24) is 0 Å². The fourth-order valence-electron chi connectivity index (χ4n) is 2.31. The Morgan fingerprint density at radius 1 is 1.14 bits per heavy atom. The van der Waals surface area contributed by atoms with Gasteiger partial charge in [-0.15, -0.1) is 11.6 Å². The van der Waals surface area contributed by atoms with Crippen LogP contribution in [0.25, 0.3) is 0 Å². The van der Waals surface area contributed by atoms with Crippen molar-refractivity contribution in [3.05, 3.63) is 52.5 Å². The van der Waals surface area contributed by atoms with Gasteiger partial charge in [0, 0.05) is 5.41 Å². The SMILES string of the molecule is CC(C)(c1ccc(O)cc1)c1cc(N)c(OCCCl)c(Cl)c1. The summed E-state index contributed by atoms with van der Waals surface area (Å²) >= 11 is 11.9. The molecule has 5 heteroatoms. The number of phenolic OH excluding ortho intramolecular Hbond substituents is 1. The van der Waals surface area contributed by atoms with Gasteiger partial charge in [0.2, 0.25) is 0 Å². The highest BCUT2D eigenvalue weighted by Crippen LogP contribution is 2.39. The number of halogens is 2. The predicted octanol–water partition coefficient (Wildman–Crippen LogP) is 4.57. The van der Waals surface area contributed by atoms with Gasteiger partial charge in [-0.05, 0) is 35.4 Å². The maximum Gasteiger partial charge on any atom is 0.160 e. The minimum atomic E-state index is -0.309. The fourth-order valence-corrected chi connectivity index (χ4v) is 2.67. The second kappa shape index (κ2) is 6.67. The van der Waals surface area contributed by atoms with Crippen LogP contribution in [0, 0.1) is 0 Å². The van der Waals surface area contributed by atoms with E-state index in [4.69, 9.17) is 33.7 Å². The van der Waals surface area contributed by atoms with Gasteiger partial charge in [0.1, 0.15) is 12.4 Å². The van der Waals surface area contributed by atoms with Crippen LogP contribution in [0.5, 0.6) is 11.5 Å². The highest BCUT2D eigenvalue weighted by molar-refractivity contribution is 6.32. The van der Waals surface area contributed by atoms with Crippen molar-refractivity contribution >= 4 is 28.9 Å². The minimum absolute atomic E-state index is 0.238. The zero-order chi connectivity index (χ0) is 16.3. The van der Waals surface area contributed by atoms with Crippen LogP contribution in [0.3, 0.4) is 0 Å². The molecule has 0 bridgehead atoms. The molecule has 3 N–H and O–H groups in total. The third-order valence-electron chi connectivity index (χ3n) is 3.71. The molecule has 2 rings (SSSR count). The minimum Gasteiger partial charge on any atom is -0.508 e. The first-order valence-corrected chi connectivity index (χ1v) is 7.85. The zero-order valence-corrected chi connectivity index (χ0v) is 14.1. The molecule has 0 saturated carbocycles. The number of alkyl halides is 1. The molecule has 118 valence electrons. The molecule has 0 amide bonds. The van der Waals surface area contributed by atoms with E-state index in [-0.39, 0.29) is 11.2 Å². The van der Waals surface area contributed by atoms with Crippen LogP contribution >= 0.6 is 23.2 Å². The summed E-state index contributed by atoms with van der Waals surface area (Å²) in [5.74, 6) is 1.07. The van der Waals surface area contributed by atoms with E-state index in [9.17, 15) is 5.11 Å². The number of phenols is 1. The molecule has 0 aromatic heterocycles. The molecule has 2 aromatic rings. The average Bonchev–Trinajstić information content (AvgIpc) is 2.46. The smallest absolute Gasteiger partial charge is 0.160 e. The Balaban J connectivity index is 2.41. The Hall–Kier alpha value is -1.58.